The highest BCUT2D eigenvalue weighted by Gasteiger charge is 2.17. The molecule has 4 rings (SSSR count). The van der Waals surface area contributed by atoms with Crippen LogP contribution in [0, 0.1) is 13.8 Å². The van der Waals surface area contributed by atoms with Crippen molar-refractivity contribution < 1.29 is 14.7 Å². The molecule has 0 aliphatic carbocycles. The molecule has 180 valence electrons. The smallest absolute Gasteiger partial charge is 0.255 e. The normalized spacial score (nSPS) is 13.7. The summed E-state index contributed by atoms with van der Waals surface area (Å²) in [6.45, 7) is 7.19. The number of carbonyl (C=O) groups excluding carboxylic acids is 2. The van der Waals surface area contributed by atoms with Crippen LogP contribution in [0.25, 0.3) is 17.2 Å². The first-order valence-electron chi connectivity index (χ1n) is 11.8. The maximum absolute atomic E-state index is 13.1. The Hall–Kier alpha value is -3.74. The van der Waals surface area contributed by atoms with Crippen LogP contribution in [-0.4, -0.2) is 49.6 Å². The zero-order valence-electron chi connectivity index (χ0n) is 20.2. The average molecular weight is 470 g/mol. The maximum Gasteiger partial charge on any atom is 0.255 e. The van der Waals surface area contributed by atoms with Crippen molar-refractivity contribution in [3.63, 3.8) is 0 Å². The second kappa shape index (κ2) is 11.1. The fraction of sp³-hybridized carbons (Fsp3) is 0.241. The number of rotatable bonds is 7. The number of hydrogen-bond acceptors (Lipinski definition) is 5. The van der Waals surface area contributed by atoms with E-state index < -0.39 is 6.61 Å². The highest BCUT2D eigenvalue weighted by Crippen LogP contribution is 2.35. The van der Waals surface area contributed by atoms with Gasteiger partial charge in [-0.15, -0.1) is 0 Å². The molecular weight excluding hydrogens is 438 g/mol. The number of carbonyl (C=O) groups is 2. The van der Waals surface area contributed by atoms with Gasteiger partial charge in [0, 0.05) is 43.0 Å². The first-order valence-corrected chi connectivity index (χ1v) is 11.8. The number of aryl methyl sites for hydroxylation is 2. The summed E-state index contributed by atoms with van der Waals surface area (Å²) >= 11 is 0. The number of aliphatic hydroxyl groups excluding tert-OH is 1. The predicted octanol–water partition coefficient (Wildman–Crippen LogP) is 4.21. The molecule has 35 heavy (non-hydrogen) atoms. The quantitative estimate of drug-likeness (QED) is 0.452. The van der Waals surface area contributed by atoms with E-state index in [1.54, 1.807) is 6.08 Å². The van der Waals surface area contributed by atoms with E-state index in [9.17, 15) is 9.59 Å². The third-order valence-electron chi connectivity index (χ3n) is 6.21. The Bertz CT molecular complexity index is 1240. The summed E-state index contributed by atoms with van der Waals surface area (Å²) in [7, 11) is 0. The number of anilines is 2. The van der Waals surface area contributed by atoms with E-state index in [0.29, 0.717) is 5.56 Å². The molecule has 0 unspecified atom stereocenters. The molecule has 3 aromatic rings. The zero-order chi connectivity index (χ0) is 24.8. The summed E-state index contributed by atoms with van der Waals surface area (Å²) in [5, 5.41) is 15.5. The summed E-state index contributed by atoms with van der Waals surface area (Å²) in [5.41, 5.74) is 7.38. The van der Waals surface area contributed by atoms with Gasteiger partial charge in [0.25, 0.3) is 5.91 Å². The molecule has 1 aliphatic rings. The molecule has 1 amide bonds. The Morgan fingerprint density at radius 2 is 1.69 bits per heavy atom. The molecule has 0 saturated carbocycles. The number of aliphatic hydroxyl groups is 1. The second-order valence-electron chi connectivity index (χ2n) is 8.82. The highest BCUT2D eigenvalue weighted by molar-refractivity contribution is 6.07. The average Bonchev–Trinajstić information content (AvgIpc) is 2.88. The number of ketones is 1. The third kappa shape index (κ3) is 6.04. The van der Waals surface area contributed by atoms with Gasteiger partial charge < -0.3 is 20.6 Å². The Morgan fingerprint density at radius 3 is 2.37 bits per heavy atom. The molecule has 6 heteroatoms. The minimum absolute atomic E-state index is 0.150. The van der Waals surface area contributed by atoms with Crippen LogP contribution >= 0.6 is 0 Å². The van der Waals surface area contributed by atoms with E-state index in [4.69, 9.17) is 5.11 Å². The summed E-state index contributed by atoms with van der Waals surface area (Å²) < 4.78 is 0. The van der Waals surface area contributed by atoms with Crippen LogP contribution in [0.3, 0.4) is 0 Å². The lowest BCUT2D eigenvalue weighted by atomic mass is 9.96. The molecule has 3 aromatic carbocycles. The van der Waals surface area contributed by atoms with Gasteiger partial charge in [0.15, 0.2) is 5.78 Å². The zero-order valence-corrected chi connectivity index (χ0v) is 20.2. The van der Waals surface area contributed by atoms with Gasteiger partial charge in [-0.3, -0.25) is 9.59 Å². The summed E-state index contributed by atoms with van der Waals surface area (Å²) in [4.78, 5) is 26.9. The number of amides is 1. The van der Waals surface area contributed by atoms with Crippen molar-refractivity contribution in [3.8, 4) is 11.1 Å². The minimum atomic E-state index is -0.503. The Labute approximate surface area is 206 Å². The number of piperazine rings is 1. The van der Waals surface area contributed by atoms with Crippen LogP contribution in [0.1, 0.15) is 27.0 Å². The summed E-state index contributed by atoms with van der Waals surface area (Å²) in [6.07, 6.45) is 3.08. The van der Waals surface area contributed by atoms with Gasteiger partial charge in [-0.1, -0.05) is 48.0 Å². The van der Waals surface area contributed by atoms with Gasteiger partial charge in [-0.2, -0.15) is 0 Å². The Kier molecular flexibility index (Phi) is 7.75. The fourth-order valence-electron chi connectivity index (χ4n) is 4.22. The Morgan fingerprint density at radius 1 is 0.971 bits per heavy atom. The molecule has 0 spiro atoms. The number of hydrogen-bond donors (Lipinski definition) is 3. The standard InChI is InChI=1S/C29H31N3O3/c1-20-3-7-23(8-4-20)29(35)31-28-18-24(32-15-13-30-14-16-32)9-12-27(28)26-11-6-22(17-21(26)2)5-10-25(34)19-33/h3-12,17-18,30,33H,13-16,19H2,1-2H3,(H,31,35)/b10-5+. The lowest BCUT2D eigenvalue weighted by Gasteiger charge is -2.30. The van der Waals surface area contributed by atoms with E-state index in [1.165, 1.54) is 6.08 Å². The van der Waals surface area contributed by atoms with E-state index in [2.05, 4.69) is 33.7 Å². The van der Waals surface area contributed by atoms with Crippen molar-refractivity contribution in [1.29, 1.82) is 0 Å². The van der Waals surface area contributed by atoms with Crippen molar-refractivity contribution >= 4 is 29.1 Å². The van der Waals surface area contributed by atoms with Crippen molar-refractivity contribution in [1.82, 2.24) is 5.32 Å². The van der Waals surface area contributed by atoms with Gasteiger partial charge in [0.1, 0.15) is 6.61 Å². The number of benzene rings is 3. The van der Waals surface area contributed by atoms with Crippen molar-refractivity contribution in [2.24, 2.45) is 0 Å². The van der Waals surface area contributed by atoms with Gasteiger partial charge in [-0.25, -0.2) is 0 Å². The van der Waals surface area contributed by atoms with Crippen LogP contribution in [0.4, 0.5) is 11.4 Å². The van der Waals surface area contributed by atoms with Gasteiger partial charge in [0.05, 0.1) is 5.69 Å². The topological polar surface area (TPSA) is 81.7 Å². The SMILES string of the molecule is Cc1ccc(C(=O)Nc2cc(N3CCNCC3)ccc2-c2ccc(/C=C/C(=O)CO)cc2C)cc1. The molecule has 1 saturated heterocycles. The molecular formula is C29H31N3O3. The van der Waals surface area contributed by atoms with E-state index in [-0.39, 0.29) is 11.7 Å². The lowest BCUT2D eigenvalue weighted by Crippen LogP contribution is -2.43. The molecule has 1 heterocycles. The molecule has 0 bridgehead atoms. The molecule has 6 nitrogen and oxygen atoms in total. The van der Waals surface area contributed by atoms with Crippen LogP contribution < -0.4 is 15.5 Å². The minimum Gasteiger partial charge on any atom is -0.388 e. The van der Waals surface area contributed by atoms with Crippen molar-refractivity contribution in [3.05, 3.63) is 89.0 Å². The molecule has 0 atom stereocenters. The summed E-state index contributed by atoms with van der Waals surface area (Å²) in [6, 6.07) is 19.7. The fourth-order valence-corrected chi connectivity index (χ4v) is 4.22. The molecule has 0 radical (unpaired) electrons. The van der Waals surface area contributed by atoms with Crippen LogP contribution in [0.5, 0.6) is 0 Å². The largest absolute Gasteiger partial charge is 0.388 e. The maximum atomic E-state index is 13.1. The monoisotopic (exact) mass is 469 g/mol. The van der Waals surface area contributed by atoms with Crippen LogP contribution in [0.2, 0.25) is 0 Å². The van der Waals surface area contributed by atoms with Crippen LogP contribution in [0.15, 0.2) is 66.7 Å². The summed E-state index contributed by atoms with van der Waals surface area (Å²) in [5.74, 6) is -0.486. The molecule has 3 N–H and O–H groups in total. The first-order chi connectivity index (χ1) is 16.9. The highest BCUT2D eigenvalue weighted by atomic mass is 16.3. The second-order valence-corrected chi connectivity index (χ2v) is 8.82. The molecule has 1 aliphatic heterocycles. The van der Waals surface area contributed by atoms with E-state index in [1.807, 2.05) is 56.3 Å². The van der Waals surface area contributed by atoms with E-state index >= 15 is 0 Å². The predicted molar refractivity (Wildman–Crippen MR) is 142 cm³/mol. The molecule has 1 fully saturated rings. The van der Waals surface area contributed by atoms with Crippen LogP contribution in [-0.2, 0) is 4.79 Å². The van der Waals surface area contributed by atoms with Crippen molar-refractivity contribution in [2.75, 3.05) is 43.0 Å². The lowest BCUT2D eigenvalue weighted by molar-refractivity contribution is -0.117. The van der Waals surface area contributed by atoms with Crippen molar-refractivity contribution in [2.45, 2.75) is 13.8 Å². The third-order valence-corrected chi connectivity index (χ3v) is 6.21. The Balaban J connectivity index is 1.70. The van der Waals surface area contributed by atoms with Gasteiger partial charge in [-0.05, 0) is 60.9 Å². The van der Waals surface area contributed by atoms with Gasteiger partial charge >= 0.3 is 0 Å². The first kappa shape index (κ1) is 24.4. The molecule has 0 aromatic heterocycles. The van der Waals surface area contributed by atoms with E-state index in [0.717, 1.165) is 65.4 Å². The number of nitrogens with zero attached hydrogens (tertiary/aromatic N) is 1. The van der Waals surface area contributed by atoms with Gasteiger partial charge in [0.2, 0.25) is 0 Å². The number of nitrogens with one attached hydrogen (secondary N) is 2.